The second-order valence-electron chi connectivity index (χ2n) is 2.88. The number of hydrogen-bond donors (Lipinski definition) is 0. The molecular weight excluding hydrogens is 295 g/mol. The van der Waals surface area contributed by atoms with Crippen LogP contribution >= 0.6 is 33.9 Å². The van der Waals surface area contributed by atoms with Crippen molar-refractivity contribution >= 4 is 44.0 Å². The van der Waals surface area contributed by atoms with Crippen molar-refractivity contribution in [3.05, 3.63) is 26.6 Å². The van der Waals surface area contributed by atoms with Crippen LogP contribution in [0.25, 0.3) is 10.1 Å². The van der Waals surface area contributed by atoms with E-state index < -0.39 is 0 Å². The van der Waals surface area contributed by atoms with Gasteiger partial charge in [0.2, 0.25) is 0 Å². The molecular formula is C10H9IOS. The van der Waals surface area contributed by atoms with E-state index >= 15 is 0 Å². The van der Waals surface area contributed by atoms with Gasteiger partial charge in [-0.2, -0.15) is 0 Å². The van der Waals surface area contributed by atoms with Gasteiger partial charge in [-0.3, -0.25) is 0 Å². The lowest BCUT2D eigenvalue weighted by Gasteiger charge is -2.03. The number of aryl methyl sites for hydroxylation is 1. The normalized spacial score (nSPS) is 10.7. The Hall–Kier alpha value is -0.290. The summed E-state index contributed by atoms with van der Waals surface area (Å²) in [7, 11) is 1.73. The Morgan fingerprint density at radius 1 is 1.38 bits per heavy atom. The van der Waals surface area contributed by atoms with E-state index in [0.29, 0.717) is 0 Å². The number of rotatable bonds is 1. The Bertz CT molecular complexity index is 447. The fraction of sp³-hybridized carbons (Fsp3) is 0.200. The van der Waals surface area contributed by atoms with E-state index in [4.69, 9.17) is 4.74 Å². The van der Waals surface area contributed by atoms with Crippen molar-refractivity contribution in [2.24, 2.45) is 0 Å². The van der Waals surface area contributed by atoms with Crippen molar-refractivity contribution in [1.29, 1.82) is 0 Å². The molecule has 0 radical (unpaired) electrons. The topological polar surface area (TPSA) is 9.23 Å². The van der Waals surface area contributed by atoms with E-state index in [1.165, 1.54) is 19.2 Å². The minimum atomic E-state index is 1.01. The quantitative estimate of drug-likeness (QED) is 0.728. The molecule has 13 heavy (non-hydrogen) atoms. The van der Waals surface area contributed by atoms with Gasteiger partial charge in [0.15, 0.2) is 0 Å². The third-order valence-corrected chi connectivity index (χ3v) is 4.01. The van der Waals surface area contributed by atoms with Crippen LogP contribution < -0.4 is 4.74 Å². The first-order chi connectivity index (χ1) is 6.24. The highest BCUT2D eigenvalue weighted by Crippen LogP contribution is 2.36. The molecule has 0 saturated heterocycles. The Labute approximate surface area is 94.9 Å². The maximum absolute atomic E-state index is 5.37. The first-order valence-corrected chi connectivity index (χ1v) is 5.90. The molecule has 2 aromatic rings. The number of fused-ring (bicyclic) bond motifs is 1. The van der Waals surface area contributed by atoms with Gasteiger partial charge in [0.1, 0.15) is 5.75 Å². The fourth-order valence-corrected chi connectivity index (χ4v) is 3.30. The number of thiophene rings is 1. The minimum absolute atomic E-state index is 1.01. The van der Waals surface area contributed by atoms with Crippen LogP contribution in [-0.4, -0.2) is 7.11 Å². The molecule has 1 nitrogen and oxygen atoms in total. The molecule has 0 N–H and O–H groups in total. The molecule has 1 aromatic carbocycles. The molecule has 0 spiro atoms. The lowest BCUT2D eigenvalue weighted by molar-refractivity contribution is 0.417. The first-order valence-electron chi connectivity index (χ1n) is 3.94. The Morgan fingerprint density at radius 3 is 2.85 bits per heavy atom. The average molecular weight is 304 g/mol. The summed E-state index contributed by atoms with van der Waals surface area (Å²) in [4.78, 5) is 0. The van der Waals surface area contributed by atoms with Gasteiger partial charge in [-0.15, -0.1) is 11.3 Å². The van der Waals surface area contributed by atoms with Crippen LogP contribution in [0.3, 0.4) is 0 Å². The third kappa shape index (κ3) is 1.44. The molecule has 0 amide bonds. The number of halogens is 1. The van der Waals surface area contributed by atoms with Crippen molar-refractivity contribution in [3.63, 3.8) is 0 Å². The van der Waals surface area contributed by atoms with E-state index in [2.05, 4.69) is 47.0 Å². The summed E-state index contributed by atoms with van der Waals surface area (Å²) in [6, 6.07) is 4.26. The van der Waals surface area contributed by atoms with Gasteiger partial charge in [0.25, 0.3) is 0 Å². The highest BCUT2D eigenvalue weighted by Gasteiger charge is 2.08. The molecule has 68 valence electrons. The van der Waals surface area contributed by atoms with Crippen molar-refractivity contribution in [2.75, 3.05) is 7.11 Å². The van der Waals surface area contributed by atoms with Crippen molar-refractivity contribution in [1.82, 2.24) is 0 Å². The van der Waals surface area contributed by atoms with Gasteiger partial charge in [-0.05, 0) is 51.9 Å². The van der Waals surface area contributed by atoms with Gasteiger partial charge in [-0.1, -0.05) is 6.07 Å². The molecule has 0 aliphatic heterocycles. The largest absolute Gasteiger partial charge is 0.494 e. The lowest BCUT2D eigenvalue weighted by Crippen LogP contribution is -1.86. The van der Waals surface area contributed by atoms with Crippen LogP contribution in [-0.2, 0) is 0 Å². The van der Waals surface area contributed by atoms with Crippen LogP contribution in [0.4, 0.5) is 0 Å². The van der Waals surface area contributed by atoms with E-state index in [9.17, 15) is 0 Å². The van der Waals surface area contributed by atoms with Crippen molar-refractivity contribution in [2.45, 2.75) is 6.92 Å². The summed E-state index contributed by atoms with van der Waals surface area (Å²) in [6.07, 6.45) is 0. The molecule has 0 bridgehead atoms. The van der Waals surface area contributed by atoms with Crippen molar-refractivity contribution < 1.29 is 4.74 Å². The maximum Gasteiger partial charge on any atom is 0.149 e. The maximum atomic E-state index is 5.37. The van der Waals surface area contributed by atoms with E-state index in [1.807, 2.05) is 0 Å². The fourth-order valence-electron chi connectivity index (χ4n) is 1.37. The second kappa shape index (κ2) is 3.46. The predicted octanol–water partition coefficient (Wildman–Crippen LogP) is 3.82. The lowest BCUT2D eigenvalue weighted by atomic mass is 10.2. The third-order valence-electron chi connectivity index (χ3n) is 2.05. The highest BCUT2D eigenvalue weighted by atomic mass is 127. The molecule has 0 unspecified atom stereocenters. The SMILES string of the molecule is COc1c(I)ccc2c(C)csc12. The van der Waals surface area contributed by atoms with Crippen LogP contribution in [0.2, 0.25) is 0 Å². The van der Waals surface area contributed by atoms with Gasteiger partial charge in [0.05, 0.1) is 15.4 Å². The number of benzene rings is 1. The molecule has 0 atom stereocenters. The van der Waals surface area contributed by atoms with E-state index in [-0.39, 0.29) is 0 Å². The van der Waals surface area contributed by atoms with Crippen LogP contribution in [0.5, 0.6) is 5.75 Å². The Kier molecular flexibility index (Phi) is 2.47. The van der Waals surface area contributed by atoms with Crippen LogP contribution in [0.15, 0.2) is 17.5 Å². The van der Waals surface area contributed by atoms with Crippen LogP contribution in [0.1, 0.15) is 5.56 Å². The molecule has 1 aromatic heterocycles. The molecule has 1 heterocycles. The van der Waals surface area contributed by atoms with Gasteiger partial charge in [0, 0.05) is 0 Å². The van der Waals surface area contributed by atoms with E-state index in [0.717, 1.165) is 5.75 Å². The molecule has 2 rings (SSSR count). The van der Waals surface area contributed by atoms with Gasteiger partial charge < -0.3 is 4.74 Å². The first kappa shape index (κ1) is 9.27. The molecule has 0 fully saturated rings. The molecule has 0 aliphatic rings. The number of ether oxygens (including phenoxy) is 1. The monoisotopic (exact) mass is 304 g/mol. The molecule has 3 heteroatoms. The summed E-state index contributed by atoms with van der Waals surface area (Å²) in [5.74, 6) is 1.01. The smallest absolute Gasteiger partial charge is 0.149 e. The average Bonchev–Trinajstić information content (AvgIpc) is 2.48. The minimum Gasteiger partial charge on any atom is -0.494 e. The Balaban J connectivity index is 2.85. The zero-order chi connectivity index (χ0) is 9.42. The molecule has 0 aliphatic carbocycles. The number of methoxy groups -OCH3 is 1. The zero-order valence-corrected chi connectivity index (χ0v) is 10.4. The van der Waals surface area contributed by atoms with Gasteiger partial charge in [-0.25, -0.2) is 0 Å². The summed E-state index contributed by atoms with van der Waals surface area (Å²) in [6.45, 7) is 2.13. The number of hydrogen-bond acceptors (Lipinski definition) is 2. The predicted molar refractivity (Wildman–Crippen MR) is 65.8 cm³/mol. The Morgan fingerprint density at radius 2 is 2.15 bits per heavy atom. The summed E-state index contributed by atoms with van der Waals surface area (Å²) in [5.41, 5.74) is 1.33. The summed E-state index contributed by atoms with van der Waals surface area (Å²) >= 11 is 4.05. The molecule has 0 saturated carbocycles. The van der Waals surface area contributed by atoms with Crippen LogP contribution in [0, 0.1) is 10.5 Å². The van der Waals surface area contributed by atoms with Gasteiger partial charge >= 0.3 is 0 Å². The summed E-state index contributed by atoms with van der Waals surface area (Å²) < 4.78 is 7.81. The standard InChI is InChI=1S/C10H9IOS/c1-6-5-13-10-7(6)3-4-8(11)9(10)12-2/h3-5H,1-2H3. The van der Waals surface area contributed by atoms with E-state index in [1.54, 1.807) is 18.4 Å². The van der Waals surface area contributed by atoms with Crippen molar-refractivity contribution in [3.8, 4) is 5.75 Å². The second-order valence-corrected chi connectivity index (χ2v) is 4.92. The summed E-state index contributed by atoms with van der Waals surface area (Å²) in [5, 5.41) is 3.48. The zero-order valence-electron chi connectivity index (χ0n) is 7.43. The highest BCUT2D eigenvalue weighted by molar-refractivity contribution is 14.1.